The summed E-state index contributed by atoms with van der Waals surface area (Å²) in [4.78, 5) is 0. The molecular weight excluding hydrogens is 205 g/mol. The van der Waals surface area contributed by atoms with Crippen molar-refractivity contribution in [3.8, 4) is 0 Å². The van der Waals surface area contributed by atoms with Gasteiger partial charge in [-0.05, 0) is 31.7 Å². The van der Waals surface area contributed by atoms with Gasteiger partial charge in [-0.1, -0.05) is 12.1 Å². The number of ether oxygens (including phenoxy) is 1. The summed E-state index contributed by atoms with van der Waals surface area (Å²) in [6, 6.07) is 5.10. The lowest BCUT2D eigenvalue weighted by molar-refractivity contribution is 0.217. The van der Waals surface area contributed by atoms with Gasteiger partial charge in [-0.15, -0.1) is 0 Å². The van der Waals surface area contributed by atoms with Crippen molar-refractivity contribution in [3.05, 3.63) is 47.0 Å². The van der Waals surface area contributed by atoms with E-state index in [1.54, 1.807) is 6.07 Å². The SMILES string of the molecule is CNC(C1=CCCO1)c1ccc(C)cc1F. The van der Waals surface area contributed by atoms with Gasteiger partial charge in [0.1, 0.15) is 11.6 Å². The molecule has 1 N–H and O–H groups in total. The van der Waals surface area contributed by atoms with E-state index < -0.39 is 0 Å². The zero-order valence-electron chi connectivity index (χ0n) is 9.59. The van der Waals surface area contributed by atoms with E-state index in [2.05, 4.69) is 5.32 Å². The average Bonchev–Trinajstić information content (AvgIpc) is 2.75. The molecule has 0 spiro atoms. The number of aryl methyl sites for hydroxylation is 1. The second-order valence-corrected chi connectivity index (χ2v) is 3.99. The molecule has 0 amide bonds. The summed E-state index contributed by atoms with van der Waals surface area (Å²) in [5.41, 5.74) is 1.57. The van der Waals surface area contributed by atoms with E-state index in [9.17, 15) is 4.39 Å². The van der Waals surface area contributed by atoms with E-state index in [1.165, 1.54) is 0 Å². The monoisotopic (exact) mass is 221 g/mol. The standard InChI is InChI=1S/C13H16FNO/c1-9-5-6-10(11(14)8-9)13(15-2)12-4-3-7-16-12/h4-6,8,13,15H,3,7H2,1-2H3. The zero-order chi connectivity index (χ0) is 11.5. The second-order valence-electron chi connectivity index (χ2n) is 3.99. The van der Waals surface area contributed by atoms with Crippen LogP contribution in [0.5, 0.6) is 0 Å². The summed E-state index contributed by atoms with van der Waals surface area (Å²) in [6.07, 6.45) is 2.92. The lowest BCUT2D eigenvalue weighted by Crippen LogP contribution is -2.20. The van der Waals surface area contributed by atoms with Crippen molar-refractivity contribution in [1.29, 1.82) is 0 Å². The van der Waals surface area contributed by atoms with Crippen LogP contribution in [0.15, 0.2) is 30.0 Å². The van der Waals surface area contributed by atoms with Gasteiger partial charge in [0.25, 0.3) is 0 Å². The smallest absolute Gasteiger partial charge is 0.128 e. The Hall–Kier alpha value is -1.35. The third-order valence-electron chi connectivity index (χ3n) is 2.77. The number of rotatable bonds is 3. The summed E-state index contributed by atoms with van der Waals surface area (Å²) in [5.74, 6) is 0.640. The minimum atomic E-state index is -0.184. The summed E-state index contributed by atoms with van der Waals surface area (Å²) < 4.78 is 19.3. The van der Waals surface area contributed by atoms with Gasteiger partial charge in [-0.3, -0.25) is 0 Å². The van der Waals surface area contributed by atoms with Crippen molar-refractivity contribution >= 4 is 0 Å². The van der Waals surface area contributed by atoms with E-state index >= 15 is 0 Å². The Kier molecular flexibility index (Phi) is 3.25. The van der Waals surface area contributed by atoms with Crippen molar-refractivity contribution < 1.29 is 9.13 Å². The molecule has 0 radical (unpaired) electrons. The predicted octanol–water partition coefficient (Wildman–Crippen LogP) is 2.70. The van der Waals surface area contributed by atoms with Crippen LogP contribution in [0.4, 0.5) is 4.39 Å². The molecule has 86 valence electrons. The van der Waals surface area contributed by atoms with Crippen LogP contribution in [0, 0.1) is 12.7 Å². The number of halogens is 1. The molecule has 0 saturated heterocycles. The fourth-order valence-corrected chi connectivity index (χ4v) is 1.96. The predicted molar refractivity (Wildman–Crippen MR) is 61.6 cm³/mol. The molecule has 1 aromatic carbocycles. The molecule has 1 aromatic rings. The van der Waals surface area contributed by atoms with Crippen molar-refractivity contribution in [2.75, 3.05) is 13.7 Å². The highest BCUT2D eigenvalue weighted by Crippen LogP contribution is 2.28. The first-order valence-corrected chi connectivity index (χ1v) is 5.48. The summed E-state index contributed by atoms with van der Waals surface area (Å²) in [6.45, 7) is 2.58. The van der Waals surface area contributed by atoms with Crippen molar-refractivity contribution in [1.82, 2.24) is 5.32 Å². The number of hydrogen-bond donors (Lipinski definition) is 1. The van der Waals surface area contributed by atoms with E-state index in [0.29, 0.717) is 12.2 Å². The van der Waals surface area contributed by atoms with Crippen LogP contribution in [0.2, 0.25) is 0 Å². The minimum absolute atomic E-state index is 0.178. The summed E-state index contributed by atoms with van der Waals surface area (Å²) in [5, 5.41) is 3.09. The second kappa shape index (κ2) is 4.66. The maximum Gasteiger partial charge on any atom is 0.128 e. The Morgan fingerprint density at radius 3 is 2.81 bits per heavy atom. The molecular formula is C13H16FNO. The van der Waals surface area contributed by atoms with Gasteiger partial charge in [0, 0.05) is 12.0 Å². The molecule has 3 heteroatoms. The molecule has 2 rings (SSSR count). The molecule has 0 aliphatic carbocycles. The number of hydrogen-bond acceptors (Lipinski definition) is 2. The number of benzene rings is 1. The maximum atomic E-state index is 13.8. The Bertz CT molecular complexity index is 414. The molecule has 0 aromatic heterocycles. The molecule has 1 atom stereocenters. The average molecular weight is 221 g/mol. The number of likely N-dealkylation sites (N-methyl/N-ethyl adjacent to an activating group) is 1. The highest BCUT2D eigenvalue weighted by Gasteiger charge is 2.21. The first-order valence-electron chi connectivity index (χ1n) is 5.48. The lowest BCUT2D eigenvalue weighted by atomic mass is 10.0. The van der Waals surface area contributed by atoms with E-state index in [4.69, 9.17) is 4.74 Å². The van der Waals surface area contributed by atoms with Crippen LogP contribution in [0.1, 0.15) is 23.6 Å². The highest BCUT2D eigenvalue weighted by molar-refractivity contribution is 5.31. The van der Waals surface area contributed by atoms with Crippen LogP contribution < -0.4 is 5.32 Å². The fraction of sp³-hybridized carbons (Fsp3) is 0.385. The quantitative estimate of drug-likeness (QED) is 0.847. The molecule has 1 heterocycles. The molecule has 0 saturated carbocycles. The Balaban J connectivity index is 2.32. The molecule has 2 nitrogen and oxygen atoms in total. The minimum Gasteiger partial charge on any atom is -0.496 e. The van der Waals surface area contributed by atoms with E-state index in [0.717, 1.165) is 17.7 Å². The van der Waals surface area contributed by atoms with Crippen LogP contribution >= 0.6 is 0 Å². The van der Waals surface area contributed by atoms with Gasteiger partial charge < -0.3 is 10.1 Å². The first-order chi connectivity index (χ1) is 7.72. The first kappa shape index (κ1) is 11.1. The van der Waals surface area contributed by atoms with Crippen molar-refractivity contribution in [2.24, 2.45) is 0 Å². The third kappa shape index (κ3) is 2.09. The molecule has 16 heavy (non-hydrogen) atoms. The zero-order valence-corrected chi connectivity index (χ0v) is 9.59. The van der Waals surface area contributed by atoms with Gasteiger partial charge in [0.05, 0.1) is 12.6 Å². The topological polar surface area (TPSA) is 21.3 Å². The molecule has 1 unspecified atom stereocenters. The Morgan fingerprint density at radius 2 is 2.25 bits per heavy atom. The van der Waals surface area contributed by atoms with Gasteiger partial charge in [-0.25, -0.2) is 4.39 Å². The van der Waals surface area contributed by atoms with Crippen LogP contribution in [0.25, 0.3) is 0 Å². The van der Waals surface area contributed by atoms with Crippen LogP contribution in [-0.4, -0.2) is 13.7 Å². The van der Waals surface area contributed by atoms with Gasteiger partial charge in [0.15, 0.2) is 0 Å². The molecule has 0 bridgehead atoms. The molecule has 1 aliphatic rings. The Morgan fingerprint density at radius 1 is 1.44 bits per heavy atom. The normalized spacial score (nSPS) is 16.8. The molecule has 0 fully saturated rings. The third-order valence-corrected chi connectivity index (χ3v) is 2.77. The van der Waals surface area contributed by atoms with E-state index in [-0.39, 0.29) is 11.9 Å². The Labute approximate surface area is 95.1 Å². The molecule has 1 aliphatic heterocycles. The summed E-state index contributed by atoms with van der Waals surface area (Å²) >= 11 is 0. The van der Waals surface area contributed by atoms with Gasteiger partial charge in [0.2, 0.25) is 0 Å². The number of nitrogens with one attached hydrogen (secondary N) is 1. The maximum absolute atomic E-state index is 13.8. The van der Waals surface area contributed by atoms with Crippen LogP contribution in [0.3, 0.4) is 0 Å². The van der Waals surface area contributed by atoms with Gasteiger partial charge in [-0.2, -0.15) is 0 Å². The largest absolute Gasteiger partial charge is 0.496 e. The van der Waals surface area contributed by atoms with Gasteiger partial charge >= 0.3 is 0 Å². The lowest BCUT2D eigenvalue weighted by Gasteiger charge is -2.18. The van der Waals surface area contributed by atoms with Crippen molar-refractivity contribution in [3.63, 3.8) is 0 Å². The fourth-order valence-electron chi connectivity index (χ4n) is 1.96. The summed E-state index contributed by atoms with van der Waals surface area (Å²) in [7, 11) is 1.81. The van der Waals surface area contributed by atoms with Crippen molar-refractivity contribution in [2.45, 2.75) is 19.4 Å². The van der Waals surface area contributed by atoms with E-state index in [1.807, 2.05) is 32.2 Å². The highest BCUT2D eigenvalue weighted by atomic mass is 19.1. The van der Waals surface area contributed by atoms with Crippen LogP contribution in [-0.2, 0) is 4.74 Å².